The topological polar surface area (TPSA) is 118 Å². The molecule has 1 aliphatic carbocycles. The summed E-state index contributed by atoms with van der Waals surface area (Å²) in [5.41, 5.74) is 2.77. The maximum Gasteiger partial charge on any atom is 0.293 e. The van der Waals surface area contributed by atoms with Gasteiger partial charge in [0.05, 0.1) is 18.4 Å². The number of pyridine rings is 1. The minimum atomic E-state index is -1.07. The molecule has 0 radical (unpaired) electrons. The number of fused-ring (bicyclic) bond motifs is 2. The van der Waals surface area contributed by atoms with Gasteiger partial charge in [0.2, 0.25) is 11.6 Å². The zero-order valence-corrected chi connectivity index (χ0v) is 20.3. The van der Waals surface area contributed by atoms with Gasteiger partial charge in [-0.1, -0.05) is 13.8 Å². The first-order valence-electron chi connectivity index (χ1n) is 11.9. The lowest BCUT2D eigenvalue weighted by Crippen LogP contribution is -2.45. The van der Waals surface area contributed by atoms with Gasteiger partial charge in [0.1, 0.15) is 11.9 Å². The molecule has 0 spiro atoms. The summed E-state index contributed by atoms with van der Waals surface area (Å²) in [5, 5.41) is 15.7. The van der Waals surface area contributed by atoms with Crippen LogP contribution in [0, 0.1) is 5.82 Å². The molecule has 2 aromatic heterocycles. The molecule has 2 amide bonds. The fourth-order valence-electron chi connectivity index (χ4n) is 5.18. The molecule has 1 aliphatic heterocycles. The molecule has 1 atom stereocenters. The van der Waals surface area contributed by atoms with Crippen molar-refractivity contribution in [3.8, 4) is 11.8 Å². The Morgan fingerprint density at radius 2 is 2.08 bits per heavy atom. The smallest absolute Gasteiger partial charge is 0.293 e. The monoisotopic (exact) mass is 494 g/mol. The second-order valence-electron chi connectivity index (χ2n) is 9.68. The molecule has 9 nitrogen and oxygen atoms in total. The van der Waals surface area contributed by atoms with E-state index in [4.69, 9.17) is 9.26 Å². The summed E-state index contributed by atoms with van der Waals surface area (Å²) in [6.07, 6.45) is 1.93. The molecule has 0 saturated heterocycles. The second-order valence-corrected chi connectivity index (χ2v) is 9.68. The standard InChI is InChI=1S/C26H27FN4O5/c1-4-35-21-6-5-16-18(29-21)8-10-31(25(34)19-13-20(32)30-36-19)23(16)24(33)28-15-11-14-7-9-26(2,3)22(14)17(27)12-15/h5-6,11-13,23H,4,7-10H2,1-3H3,(H,28,33)(H,30,32)/t23-/m1/s1. The van der Waals surface area contributed by atoms with Crippen LogP contribution in [-0.4, -0.2) is 45.1 Å². The number of carbonyl (C=O) groups is 2. The highest BCUT2D eigenvalue weighted by Crippen LogP contribution is 2.41. The average molecular weight is 495 g/mol. The summed E-state index contributed by atoms with van der Waals surface area (Å²) in [6, 6.07) is 6.51. The summed E-state index contributed by atoms with van der Waals surface area (Å²) in [4.78, 5) is 32.7. The van der Waals surface area contributed by atoms with E-state index >= 15 is 4.39 Å². The van der Waals surface area contributed by atoms with Crippen LogP contribution in [-0.2, 0) is 23.1 Å². The van der Waals surface area contributed by atoms with Gasteiger partial charge in [0.25, 0.3) is 17.7 Å². The molecule has 10 heteroatoms. The lowest BCUT2D eigenvalue weighted by Gasteiger charge is -2.35. The zero-order chi connectivity index (χ0) is 25.6. The van der Waals surface area contributed by atoms with E-state index in [1.807, 2.05) is 20.8 Å². The predicted octanol–water partition coefficient (Wildman–Crippen LogP) is 3.92. The Morgan fingerprint density at radius 3 is 2.81 bits per heavy atom. The van der Waals surface area contributed by atoms with Crippen molar-refractivity contribution < 1.29 is 28.3 Å². The number of nitrogens with zero attached hydrogens (tertiary/aromatic N) is 3. The van der Waals surface area contributed by atoms with E-state index in [1.165, 1.54) is 11.0 Å². The van der Waals surface area contributed by atoms with E-state index in [0.29, 0.717) is 41.4 Å². The number of benzene rings is 1. The van der Waals surface area contributed by atoms with Gasteiger partial charge >= 0.3 is 0 Å². The Hall–Kier alpha value is -3.95. The average Bonchev–Trinajstić information content (AvgIpc) is 3.40. The van der Waals surface area contributed by atoms with Crippen molar-refractivity contribution >= 4 is 17.5 Å². The number of amides is 2. The fourth-order valence-corrected chi connectivity index (χ4v) is 5.18. The van der Waals surface area contributed by atoms with Gasteiger partial charge in [0, 0.05) is 30.3 Å². The number of aromatic hydroxyl groups is 1. The van der Waals surface area contributed by atoms with Crippen molar-refractivity contribution in [1.82, 2.24) is 15.0 Å². The molecule has 188 valence electrons. The van der Waals surface area contributed by atoms with Crippen LogP contribution in [0.3, 0.4) is 0 Å². The van der Waals surface area contributed by atoms with E-state index in [9.17, 15) is 14.7 Å². The van der Waals surface area contributed by atoms with Crippen LogP contribution in [0.2, 0.25) is 0 Å². The van der Waals surface area contributed by atoms with Gasteiger partial charge in [-0.2, -0.15) is 0 Å². The first-order chi connectivity index (χ1) is 17.2. The number of carbonyl (C=O) groups excluding carboxylic acids is 2. The Kier molecular flexibility index (Phi) is 5.89. The summed E-state index contributed by atoms with van der Waals surface area (Å²) >= 11 is 0. The molecule has 1 aromatic carbocycles. The summed E-state index contributed by atoms with van der Waals surface area (Å²) in [7, 11) is 0. The van der Waals surface area contributed by atoms with Crippen LogP contribution in [0.5, 0.6) is 11.8 Å². The minimum absolute atomic E-state index is 0.167. The molecule has 2 aliphatic rings. The predicted molar refractivity (Wildman–Crippen MR) is 127 cm³/mol. The van der Waals surface area contributed by atoms with Crippen molar-refractivity contribution in [2.75, 3.05) is 18.5 Å². The molecular formula is C26H27FN4O5. The number of nitrogens with one attached hydrogen (secondary N) is 1. The van der Waals surface area contributed by atoms with E-state index in [1.54, 1.807) is 18.2 Å². The number of rotatable bonds is 5. The van der Waals surface area contributed by atoms with Gasteiger partial charge < -0.3 is 24.6 Å². The van der Waals surface area contributed by atoms with E-state index in [0.717, 1.165) is 24.5 Å². The zero-order valence-electron chi connectivity index (χ0n) is 20.3. The molecule has 36 heavy (non-hydrogen) atoms. The SMILES string of the molecule is CCOc1ccc2c(n1)CCN(C(=O)c1cc(O)no1)[C@H]2C(=O)Nc1cc(F)c2c(c1)CCC2(C)C. The van der Waals surface area contributed by atoms with Gasteiger partial charge in [-0.15, -0.1) is 0 Å². The van der Waals surface area contributed by atoms with E-state index in [-0.39, 0.29) is 23.5 Å². The molecule has 5 rings (SSSR count). The Bertz CT molecular complexity index is 1350. The maximum absolute atomic E-state index is 15.0. The van der Waals surface area contributed by atoms with Gasteiger partial charge in [-0.25, -0.2) is 9.37 Å². The van der Waals surface area contributed by atoms with Crippen molar-refractivity contribution in [2.24, 2.45) is 0 Å². The third-order valence-electron chi connectivity index (χ3n) is 6.83. The highest BCUT2D eigenvalue weighted by atomic mass is 19.1. The lowest BCUT2D eigenvalue weighted by molar-refractivity contribution is -0.121. The summed E-state index contributed by atoms with van der Waals surface area (Å²) < 4.78 is 25.5. The number of hydrogen-bond donors (Lipinski definition) is 2. The third kappa shape index (κ3) is 4.16. The third-order valence-corrected chi connectivity index (χ3v) is 6.83. The maximum atomic E-state index is 15.0. The molecule has 3 heterocycles. The summed E-state index contributed by atoms with van der Waals surface area (Å²) in [6.45, 7) is 6.47. The minimum Gasteiger partial charge on any atom is -0.491 e. The fraction of sp³-hybridized carbons (Fsp3) is 0.385. The number of hydrogen-bond acceptors (Lipinski definition) is 7. The first-order valence-corrected chi connectivity index (χ1v) is 11.9. The van der Waals surface area contributed by atoms with Gasteiger partial charge in [-0.3, -0.25) is 9.59 Å². The molecule has 2 N–H and O–H groups in total. The number of halogens is 1. The lowest BCUT2D eigenvalue weighted by atomic mass is 9.86. The van der Waals surface area contributed by atoms with Crippen LogP contribution in [0.25, 0.3) is 0 Å². The Balaban J connectivity index is 1.50. The number of aryl methyl sites for hydroxylation is 1. The number of aromatic nitrogens is 2. The number of anilines is 1. The van der Waals surface area contributed by atoms with Crippen LogP contribution < -0.4 is 10.1 Å². The quantitative estimate of drug-likeness (QED) is 0.552. The molecule has 0 unspecified atom stereocenters. The highest BCUT2D eigenvalue weighted by Gasteiger charge is 2.39. The molecule has 0 bridgehead atoms. The van der Waals surface area contributed by atoms with Crippen molar-refractivity contribution in [2.45, 2.75) is 51.5 Å². The normalized spacial score (nSPS) is 17.9. The Labute approximate surface area is 207 Å². The highest BCUT2D eigenvalue weighted by molar-refractivity contribution is 6.01. The van der Waals surface area contributed by atoms with Crippen molar-refractivity contribution in [3.63, 3.8) is 0 Å². The number of ether oxygens (including phenoxy) is 1. The van der Waals surface area contributed by atoms with Gasteiger partial charge in [-0.05, 0) is 59.7 Å². The largest absolute Gasteiger partial charge is 0.491 e. The van der Waals surface area contributed by atoms with Crippen molar-refractivity contribution in [3.05, 3.63) is 64.3 Å². The van der Waals surface area contributed by atoms with Crippen LogP contribution in [0.4, 0.5) is 10.1 Å². The summed E-state index contributed by atoms with van der Waals surface area (Å²) in [5.74, 6) is -1.68. The second kappa shape index (κ2) is 8.92. The van der Waals surface area contributed by atoms with E-state index < -0.39 is 23.7 Å². The van der Waals surface area contributed by atoms with Crippen LogP contribution in [0.15, 0.2) is 34.9 Å². The van der Waals surface area contributed by atoms with Crippen LogP contribution in [0.1, 0.15) is 66.2 Å². The van der Waals surface area contributed by atoms with E-state index in [2.05, 4.69) is 15.5 Å². The molecular weight excluding hydrogens is 467 g/mol. The molecule has 0 fully saturated rings. The molecule has 3 aromatic rings. The van der Waals surface area contributed by atoms with Crippen LogP contribution >= 0.6 is 0 Å². The Morgan fingerprint density at radius 1 is 1.28 bits per heavy atom. The van der Waals surface area contributed by atoms with Crippen molar-refractivity contribution in [1.29, 1.82) is 0 Å². The first kappa shape index (κ1) is 23.8. The van der Waals surface area contributed by atoms with Gasteiger partial charge in [0.15, 0.2) is 0 Å². The molecule has 0 saturated carbocycles.